The van der Waals surface area contributed by atoms with E-state index in [-0.39, 0.29) is 24.6 Å². The fourth-order valence-electron chi connectivity index (χ4n) is 4.53. The van der Waals surface area contributed by atoms with E-state index in [2.05, 4.69) is 20.0 Å². The lowest BCUT2D eigenvalue weighted by Gasteiger charge is -2.36. The molecule has 0 saturated carbocycles. The Morgan fingerprint density at radius 3 is 2.19 bits per heavy atom. The van der Waals surface area contributed by atoms with Gasteiger partial charge in [0.2, 0.25) is 5.96 Å². The zero-order valence-electron chi connectivity index (χ0n) is 21.7. The molecule has 0 bridgehead atoms. The molecule has 0 spiro atoms. The number of amides is 2. The molecule has 204 valence electrons. The molecular formula is C23H41N7O6. The molecule has 0 aromatic rings. The molecule has 3 saturated heterocycles. The van der Waals surface area contributed by atoms with Crippen LogP contribution in [0.3, 0.4) is 0 Å². The Balaban J connectivity index is 1.30. The van der Waals surface area contributed by atoms with Gasteiger partial charge in [0.15, 0.2) is 0 Å². The molecule has 3 aliphatic rings. The van der Waals surface area contributed by atoms with Gasteiger partial charge in [-0.3, -0.25) is 25.3 Å². The first-order valence-corrected chi connectivity index (χ1v) is 12.7. The molecule has 13 nitrogen and oxygen atoms in total. The third-order valence-electron chi connectivity index (χ3n) is 6.51. The van der Waals surface area contributed by atoms with E-state index in [9.17, 15) is 14.4 Å². The van der Waals surface area contributed by atoms with Crippen LogP contribution in [-0.2, 0) is 14.3 Å². The third-order valence-corrected chi connectivity index (χ3v) is 6.51. The lowest BCUT2D eigenvalue weighted by atomic mass is 10.2. The summed E-state index contributed by atoms with van der Waals surface area (Å²) in [7, 11) is 0. The zero-order valence-corrected chi connectivity index (χ0v) is 21.7. The molecule has 3 fully saturated rings. The molecule has 1 unspecified atom stereocenters. The van der Waals surface area contributed by atoms with Crippen LogP contribution in [0.4, 0.5) is 9.59 Å². The van der Waals surface area contributed by atoms with Gasteiger partial charge in [-0.1, -0.05) is 0 Å². The Hall–Kier alpha value is -2.64. The molecule has 0 aliphatic carbocycles. The number of carboxylic acids is 1. The van der Waals surface area contributed by atoms with Crippen molar-refractivity contribution in [1.29, 1.82) is 5.41 Å². The van der Waals surface area contributed by atoms with Gasteiger partial charge in [0, 0.05) is 78.5 Å². The van der Waals surface area contributed by atoms with Crippen LogP contribution in [0.5, 0.6) is 0 Å². The van der Waals surface area contributed by atoms with Gasteiger partial charge in [-0.05, 0) is 20.8 Å². The van der Waals surface area contributed by atoms with Crippen LogP contribution in [0.1, 0.15) is 27.2 Å². The van der Waals surface area contributed by atoms with Gasteiger partial charge in [-0.15, -0.1) is 0 Å². The monoisotopic (exact) mass is 511 g/mol. The van der Waals surface area contributed by atoms with Gasteiger partial charge in [-0.25, -0.2) is 9.59 Å². The maximum absolute atomic E-state index is 12.4. The second-order valence-corrected chi connectivity index (χ2v) is 10.5. The van der Waals surface area contributed by atoms with E-state index in [0.717, 1.165) is 45.8 Å². The van der Waals surface area contributed by atoms with Crippen molar-refractivity contribution in [2.45, 2.75) is 38.9 Å². The molecule has 3 aliphatic heterocycles. The Morgan fingerprint density at radius 1 is 1.00 bits per heavy atom. The van der Waals surface area contributed by atoms with Crippen LogP contribution in [0.25, 0.3) is 0 Å². The van der Waals surface area contributed by atoms with Gasteiger partial charge in [0.1, 0.15) is 11.7 Å². The minimum Gasteiger partial charge on any atom is -0.481 e. The topological polar surface area (TPSA) is 142 Å². The first kappa shape index (κ1) is 27.9. The van der Waals surface area contributed by atoms with Crippen LogP contribution >= 0.6 is 0 Å². The molecule has 0 aromatic carbocycles. The highest BCUT2D eigenvalue weighted by atomic mass is 16.6. The molecular weight excluding hydrogens is 470 g/mol. The molecule has 36 heavy (non-hydrogen) atoms. The second kappa shape index (κ2) is 12.5. The van der Waals surface area contributed by atoms with Crippen molar-refractivity contribution < 1.29 is 29.0 Å². The van der Waals surface area contributed by atoms with Crippen LogP contribution in [0.2, 0.25) is 0 Å². The smallest absolute Gasteiger partial charge is 0.414 e. The summed E-state index contributed by atoms with van der Waals surface area (Å²) in [5, 5.41) is 19.4. The van der Waals surface area contributed by atoms with E-state index in [4.69, 9.17) is 20.0 Å². The average molecular weight is 512 g/mol. The number of nitrogens with zero attached hydrogens (tertiary/aromatic N) is 5. The number of carboxylic acid groups (broad SMARTS) is 1. The highest BCUT2D eigenvalue weighted by Gasteiger charge is 2.33. The van der Waals surface area contributed by atoms with Crippen molar-refractivity contribution in [3.63, 3.8) is 0 Å². The van der Waals surface area contributed by atoms with Crippen molar-refractivity contribution in [3.05, 3.63) is 0 Å². The number of alkyl carbamates (subject to hydrolysis) is 1. The Morgan fingerprint density at radius 2 is 1.58 bits per heavy atom. The largest absolute Gasteiger partial charge is 0.481 e. The molecule has 13 heteroatoms. The van der Waals surface area contributed by atoms with Crippen LogP contribution in [-0.4, -0.2) is 151 Å². The van der Waals surface area contributed by atoms with E-state index in [1.807, 2.05) is 4.90 Å². The summed E-state index contributed by atoms with van der Waals surface area (Å²) in [6.07, 6.45) is -0.895. The van der Waals surface area contributed by atoms with E-state index < -0.39 is 17.7 Å². The van der Waals surface area contributed by atoms with Crippen molar-refractivity contribution in [3.8, 4) is 0 Å². The first-order valence-electron chi connectivity index (χ1n) is 12.7. The summed E-state index contributed by atoms with van der Waals surface area (Å²) in [6.45, 7) is 14.5. The summed E-state index contributed by atoms with van der Waals surface area (Å²) >= 11 is 0. The maximum atomic E-state index is 12.4. The number of nitrogens with one attached hydrogen (secondary N) is 2. The van der Waals surface area contributed by atoms with Gasteiger partial charge in [-0.2, -0.15) is 0 Å². The minimum absolute atomic E-state index is 0.0394. The third kappa shape index (κ3) is 9.10. The summed E-state index contributed by atoms with van der Waals surface area (Å²) in [5.41, 5.74) is -0.614. The number of hydrogen-bond donors (Lipinski definition) is 3. The number of carbonyl (C=O) groups excluding carboxylic acids is 2. The SMILES string of the molecule is CC(C)(C)OC(=O)NC(=N)N1CCN(CCN2CC(CN3CCN(CCC(=O)O)CC3)OC2=O)CC1. The van der Waals surface area contributed by atoms with Crippen LogP contribution in [0, 0.1) is 5.41 Å². The molecule has 3 heterocycles. The number of piperazine rings is 2. The molecule has 3 rings (SSSR count). The fourth-order valence-corrected chi connectivity index (χ4v) is 4.53. The number of hydrogen-bond acceptors (Lipinski definition) is 9. The van der Waals surface area contributed by atoms with Crippen molar-refractivity contribution in [2.75, 3.05) is 85.1 Å². The highest BCUT2D eigenvalue weighted by molar-refractivity contribution is 5.92. The van der Waals surface area contributed by atoms with E-state index in [1.165, 1.54) is 0 Å². The van der Waals surface area contributed by atoms with Gasteiger partial charge in [0.05, 0.1) is 13.0 Å². The minimum atomic E-state index is -0.771. The summed E-state index contributed by atoms with van der Waals surface area (Å²) in [4.78, 5) is 45.2. The lowest BCUT2D eigenvalue weighted by Crippen LogP contribution is -2.54. The van der Waals surface area contributed by atoms with Gasteiger partial charge in [0.25, 0.3) is 0 Å². The van der Waals surface area contributed by atoms with E-state index in [1.54, 1.807) is 25.7 Å². The number of cyclic esters (lactones) is 1. The van der Waals surface area contributed by atoms with Crippen molar-refractivity contribution >= 4 is 24.1 Å². The van der Waals surface area contributed by atoms with Crippen molar-refractivity contribution in [2.24, 2.45) is 0 Å². The fraction of sp³-hybridized carbons (Fsp3) is 0.826. The van der Waals surface area contributed by atoms with E-state index in [0.29, 0.717) is 39.3 Å². The van der Waals surface area contributed by atoms with Crippen molar-refractivity contribution in [1.82, 2.24) is 29.8 Å². The standard InChI is InChI=1S/C23H41N7O6/c1-23(2,3)36-21(33)25-20(24)29-13-10-27(11-14-29)12-15-30-17-18(35-22(30)34)16-28-8-6-26(7-9-28)5-4-19(31)32/h18H,4-17H2,1-3H3,(H,31,32)(H2,24,25,33). The van der Waals surface area contributed by atoms with Gasteiger partial charge < -0.3 is 29.3 Å². The maximum Gasteiger partial charge on any atom is 0.414 e. The summed E-state index contributed by atoms with van der Waals surface area (Å²) in [6, 6.07) is 0. The number of ether oxygens (including phenoxy) is 2. The van der Waals surface area contributed by atoms with Crippen LogP contribution in [0.15, 0.2) is 0 Å². The Kier molecular flexibility index (Phi) is 9.74. The molecule has 0 radical (unpaired) electrons. The quantitative estimate of drug-likeness (QED) is 0.301. The van der Waals surface area contributed by atoms with Crippen LogP contribution < -0.4 is 5.32 Å². The number of carbonyl (C=O) groups is 3. The zero-order chi connectivity index (χ0) is 26.3. The predicted octanol–water partition coefficient (Wildman–Crippen LogP) is -0.0234. The normalized spacial score (nSPS) is 22.4. The highest BCUT2D eigenvalue weighted by Crippen LogP contribution is 2.14. The first-order chi connectivity index (χ1) is 17.0. The molecule has 0 aromatic heterocycles. The molecule has 1 atom stereocenters. The average Bonchev–Trinajstić information content (AvgIpc) is 3.14. The molecule has 2 amide bonds. The summed E-state index contributed by atoms with van der Waals surface area (Å²) in [5.74, 6) is -0.732. The Bertz CT molecular complexity index is 788. The van der Waals surface area contributed by atoms with E-state index >= 15 is 0 Å². The number of aliphatic carboxylic acids is 1. The lowest BCUT2D eigenvalue weighted by molar-refractivity contribution is -0.137. The number of guanidine groups is 1. The predicted molar refractivity (Wildman–Crippen MR) is 132 cm³/mol. The Labute approximate surface area is 212 Å². The van der Waals surface area contributed by atoms with Gasteiger partial charge >= 0.3 is 18.2 Å². The second-order valence-electron chi connectivity index (χ2n) is 10.5. The summed E-state index contributed by atoms with van der Waals surface area (Å²) < 4.78 is 10.8. The number of rotatable bonds is 8. The molecule has 3 N–H and O–H groups in total.